The molecule has 2 saturated carbocycles. The second-order valence-electron chi connectivity index (χ2n) is 6.09. The molecule has 2 aliphatic carbocycles. The van der Waals surface area contributed by atoms with Crippen molar-refractivity contribution in [2.75, 3.05) is 0 Å². The zero-order valence-corrected chi connectivity index (χ0v) is 11.2. The van der Waals surface area contributed by atoms with Crippen LogP contribution in [0.1, 0.15) is 48.9 Å². The Morgan fingerprint density at radius 3 is 2.71 bits per heavy atom. The van der Waals surface area contributed by atoms with Gasteiger partial charge in [-0.15, -0.1) is 0 Å². The predicted molar refractivity (Wildman–Crippen MR) is 72.1 cm³/mol. The molecule has 0 aromatic heterocycles. The zero-order valence-electron chi connectivity index (χ0n) is 11.2. The van der Waals surface area contributed by atoms with Crippen LogP contribution in [0.2, 0.25) is 0 Å². The van der Waals surface area contributed by atoms with Gasteiger partial charge in [0.15, 0.2) is 0 Å². The molecule has 1 heteroatoms. The Hall–Kier alpha value is -0.820. The third-order valence-electron chi connectivity index (χ3n) is 4.71. The number of fused-ring (bicyclic) bond motifs is 1. The van der Waals surface area contributed by atoms with Crippen LogP contribution in [-0.4, -0.2) is 6.04 Å². The lowest BCUT2D eigenvalue weighted by Gasteiger charge is -2.23. The minimum atomic E-state index is 0.499. The minimum Gasteiger partial charge on any atom is -0.307 e. The van der Waals surface area contributed by atoms with Gasteiger partial charge in [0.25, 0.3) is 0 Å². The third-order valence-corrected chi connectivity index (χ3v) is 4.71. The van der Waals surface area contributed by atoms with E-state index >= 15 is 0 Å². The van der Waals surface area contributed by atoms with E-state index < -0.39 is 0 Å². The van der Waals surface area contributed by atoms with Gasteiger partial charge < -0.3 is 5.32 Å². The highest BCUT2D eigenvalue weighted by Gasteiger charge is 2.48. The molecule has 1 N–H and O–H groups in total. The second-order valence-corrected chi connectivity index (χ2v) is 6.09. The molecule has 2 aliphatic rings. The fourth-order valence-electron chi connectivity index (χ4n) is 3.55. The standard InChI is InChI=1S/C16H23N/c1-10-4-5-11(2)14(8-10)12(3)17-16-7-6-13-9-15(13)16/h4-5,8,12-13,15-17H,6-7,9H2,1-3H3. The van der Waals surface area contributed by atoms with Crippen molar-refractivity contribution in [3.63, 3.8) is 0 Å². The van der Waals surface area contributed by atoms with E-state index in [2.05, 4.69) is 44.3 Å². The average molecular weight is 229 g/mol. The highest BCUT2D eigenvalue weighted by molar-refractivity contribution is 5.32. The van der Waals surface area contributed by atoms with Gasteiger partial charge in [0.1, 0.15) is 0 Å². The van der Waals surface area contributed by atoms with Crippen molar-refractivity contribution in [1.82, 2.24) is 5.32 Å². The summed E-state index contributed by atoms with van der Waals surface area (Å²) in [5.74, 6) is 2.07. The molecular weight excluding hydrogens is 206 g/mol. The molecule has 0 spiro atoms. The van der Waals surface area contributed by atoms with Gasteiger partial charge in [0, 0.05) is 12.1 Å². The Morgan fingerprint density at radius 2 is 2.06 bits per heavy atom. The summed E-state index contributed by atoms with van der Waals surface area (Å²) in [6.07, 6.45) is 4.34. The lowest BCUT2D eigenvalue weighted by atomic mass is 9.99. The summed E-state index contributed by atoms with van der Waals surface area (Å²) in [7, 11) is 0. The molecule has 4 atom stereocenters. The Kier molecular flexibility index (Phi) is 2.74. The molecule has 1 nitrogen and oxygen atoms in total. The van der Waals surface area contributed by atoms with E-state index in [0.29, 0.717) is 6.04 Å². The Morgan fingerprint density at radius 1 is 1.24 bits per heavy atom. The summed E-state index contributed by atoms with van der Waals surface area (Å²) in [6, 6.07) is 8.08. The number of aryl methyl sites for hydroxylation is 2. The molecular formula is C16H23N. The largest absolute Gasteiger partial charge is 0.307 e. The van der Waals surface area contributed by atoms with Gasteiger partial charge in [0.05, 0.1) is 0 Å². The minimum absolute atomic E-state index is 0.499. The van der Waals surface area contributed by atoms with Crippen LogP contribution in [0, 0.1) is 25.7 Å². The summed E-state index contributed by atoms with van der Waals surface area (Å²) in [5.41, 5.74) is 4.27. The summed E-state index contributed by atoms with van der Waals surface area (Å²) in [6.45, 7) is 6.72. The number of benzene rings is 1. The second kappa shape index (κ2) is 4.13. The van der Waals surface area contributed by atoms with Gasteiger partial charge in [0.2, 0.25) is 0 Å². The fourth-order valence-corrected chi connectivity index (χ4v) is 3.55. The van der Waals surface area contributed by atoms with Gasteiger partial charge in [-0.1, -0.05) is 23.8 Å². The van der Waals surface area contributed by atoms with E-state index in [0.717, 1.165) is 17.9 Å². The van der Waals surface area contributed by atoms with Crippen molar-refractivity contribution in [3.05, 3.63) is 34.9 Å². The molecule has 0 saturated heterocycles. The average Bonchev–Trinajstić information content (AvgIpc) is 2.99. The molecule has 0 bridgehead atoms. The first-order valence-electron chi connectivity index (χ1n) is 6.98. The first-order chi connectivity index (χ1) is 8.15. The predicted octanol–water partition coefficient (Wildman–Crippen LogP) is 3.75. The van der Waals surface area contributed by atoms with Crippen LogP contribution in [-0.2, 0) is 0 Å². The van der Waals surface area contributed by atoms with Crippen LogP contribution in [0.4, 0.5) is 0 Å². The fraction of sp³-hybridized carbons (Fsp3) is 0.625. The molecule has 1 aromatic rings. The Bertz CT molecular complexity index is 424. The lowest BCUT2D eigenvalue weighted by Crippen LogP contribution is -2.31. The quantitative estimate of drug-likeness (QED) is 0.832. The van der Waals surface area contributed by atoms with Crippen LogP contribution in [0.5, 0.6) is 0 Å². The molecule has 92 valence electrons. The smallest absolute Gasteiger partial charge is 0.0297 e. The van der Waals surface area contributed by atoms with E-state index in [9.17, 15) is 0 Å². The summed E-state index contributed by atoms with van der Waals surface area (Å²) in [5, 5.41) is 3.85. The molecule has 2 fully saturated rings. The molecule has 0 amide bonds. The van der Waals surface area contributed by atoms with Gasteiger partial charge in [-0.05, 0) is 63.0 Å². The number of hydrogen-bond donors (Lipinski definition) is 1. The van der Waals surface area contributed by atoms with E-state index in [4.69, 9.17) is 0 Å². The maximum Gasteiger partial charge on any atom is 0.0297 e. The van der Waals surface area contributed by atoms with Crippen LogP contribution >= 0.6 is 0 Å². The third kappa shape index (κ3) is 2.13. The summed E-state index contributed by atoms with van der Waals surface area (Å²) in [4.78, 5) is 0. The molecule has 17 heavy (non-hydrogen) atoms. The van der Waals surface area contributed by atoms with Gasteiger partial charge in [-0.2, -0.15) is 0 Å². The van der Waals surface area contributed by atoms with E-state index in [1.807, 2.05) is 0 Å². The SMILES string of the molecule is Cc1ccc(C)c(C(C)NC2CCC3CC32)c1. The molecule has 3 rings (SSSR count). The highest BCUT2D eigenvalue weighted by atomic mass is 15.0. The maximum atomic E-state index is 3.85. The first-order valence-corrected chi connectivity index (χ1v) is 6.98. The Labute approximate surface area is 105 Å². The van der Waals surface area contributed by atoms with Gasteiger partial charge in [-0.3, -0.25) is 0 Å². The van der Waals surface area contributed by atoms with Gasteiger partial charge >= 0.3 is 0 Å². The first kappa shape index (κ1) is 11.3. The lowest BCUT2D eigenvalue weighted by molar-refractivity contribution is 0.424. The van der Waals surface area contributed by atoms with Crippen LogP contribution < -0.4 is 5.32 Å². The van der Waals surface area contributed by atoms with Crippen molar-refractivity contribution in [3.8, 4) is 0 Å². The summed E-state index contributed by atoms with van der Waals surface area (Å²) >= 11 is 0. The number of hydrogen-bond acceptors (Lipinski definition) is 1. The molecule has 0 heterocycles. The monoisotopic (exact) mass is 229 g/mol. The molecule has 1 aromatic carbocycles. The highest BCUT2D eigenvalue weighted by Crippen LogP contribution is 2.52. The van der Waals surface area contributed by atoms with Crippen molar-refractivity contribution >= 4 is 0 Å². The van der Waals surface area contributed by atoms with Gasteiger partial charge in [-0.25, -0.2) is 0 Å². The van der Waals surface area contributed by atoms with E-state index in [1.165, 1.54) is 36.0 Å². The number of rotatable bonds is 3. The Balaban J connectivity index is 1.72. The maximum absolute atomic E-state index is 3.85. The topological polar surface area (TPSA) is 12.0 Å². The van der Waals surface area contributed by atoms with Crippen molar-refractivity contribution in [2.45, 2.75) is 52.1 Å². The zero-order chi connectivity index (χ0) is 12.0. The van der Waals surface area contributed by atoms with Crippen molar-refractivity contribution in [2.24, 2.45) is 11.8 Å². The normalized spacial score (nSPS) is 32.3. The molecule has 0 aliphatic heterocycles. The molecule has 4 unspecified atom stereocenters. The molecule has 0 radical (unpaired) electrons. The number of nitrogens with one attached hydrogen (secondary N) is 1. The van der Waals surface area contributed by atoms with Crippen LogP contribution in [0.25, 0.3) is 0 Å². The van der Waals surface area contributed by atoms with Crippen molar-refractivity contribution in [1.29, 1.82) is 0 Å². The van der Waals surface area contributed by atoms with Crippen LogP contribution in [0.15, 0.2) is 18.2 Å². The van der Waals surface area contributed by atoms with E-state index in [1.54, 1.807) is 0 Å². The van der Waals surface area contributed by atoms with Crippen molar-refractivity contribution < 1.29 is 0 Å². The summed E-state index contributed by atoms with van der Waals surface area (Å²) < 4.78 is 0. The van der Waals surface area contributed by atoms with E-state index in [-0.39, 0.29) is 0 Å². The van der Waals surface area contributed by atoms with Crippen LogP contribution in [0.3, 0.4) is 0 Å².